The number of hydrogen-bond acceptors (Lipinski definition) is 5. The van der Waals surface area contributed by atoms with E-state index in [1.165, 1.54) is 7.11 Å². The van der Waals surface area contributed by atoms with Crippen molar-refractivity contribution < 1.29 is 19.0 Å². The molecule has 94 valence electrons. The van der Waals surface area contributed by atoms with E-state index in [0.29, 0.717) is 6.61 Å². The van der Waals surface area contributed by atoms with Crippen molar-refractivity contribution in [2.24, 2.45) is 0 Å². The third-order valence-corrected chi connectivity index (χ3v) is 2.96. The van der Waals surface area contributed by atoms with E-state index >= 15 is 0 Å². The minimum Gasteiger partial charge on any atom is -0.468 e. The Morgan fingerprint density at radius 1 is 1.50 bits per heavy atom. The van der Waals surface area contributed by atoms with Gasteiger partial charge in [-0.25, -0.2) is 4.79 Å². The summed E-state index contributed by atoms with van der Waals surface area (Å²) >= 11 is 0. The maximum Gasteiger partial charge on any atom is 0.328 e. The second-order valence-electron chi connectivity index (χ2n) is 4.20. The first-order chi connectivity index (χ1) is 7.62. The van der Waals surface area contributed by atoms with Gasteiger partial charge < -0.3 is 19.5 Å². The topological polar surface area (TPSA) is 56.8 Å². The van der Waals surface area contributed by atoms with E-state index in [-0.39, 0.29) is 12.1 Å². The summed E-state index contributed by atoms with van der Waals surface area (Å²) in [4.78, 5) is 11.5. The summed E-state index contributed by atoms with van der Waals surface area (Å²) in [6.07, 6.45) is 1.97. The minimum absolute atomic E-state index is 0.186. The van der Waals surface area contributed by atoms with Gasteiger partial charge in [0.25, 0.3) is 0 Å². The van der Waals surface area contributed by atoms with Crippen molar-refractivity contribution in [3.05, 3.63) is 0 Å². The number of carbonyl (C=O) groups is 1. The fraction of sp³-hybridized carbons (Fsp3) is 0.909. The van der Waals surface area contributed by atoms with E-state index < -0.39 is 5.54 Å². The molecule has 1 aliphatic heterocycles. The highest BCUT2D eigenvalue weighted by atomic mass is 16.5. The van der Waals surface area contributed by atoms with Gasteiger partial charge in [0.1, 0.15) is 5.54 Å². The standard InChI is InChI=1S/C11H21NO4/c1-11(12-2,10(13)14-3)8-16-9-4-6-15-7-5-9/h9,12H,4-8H2,1-3H3. The molecule has 1 saturated heterocycles. The zero-order valence-corrected chi connectivity index (χ0v) is 10.2. The summed E-state index contributed by atoms with van der Waals surface area (Å²) in [6.45, 7) is 3.57. The van der Waals surface area contributed by atoms with Crippen molar-refractivity contribution in [3.8, 4) is 0 Å². The monoisotopic (exact) mass is 231 g/mol. The Bertz CT molecular complexity index is 228. The molecule has 1 atom stereocenters. The number of carbonyl (C=O) groups excluding carboxylic acids is 1. The molecule has 0 radical (unpaired) electrons. The van der Waals surface area contributed by atoms with E-state index in [1.807, 2.05) is 0 Å². The van der Waals surface area contributed by atoms with E-state index in [0.717, 1.165) is 26.1 Å². The maximum atomic E-state index is 11.5. The van der Waals surface area contributed by atoms with E-state index in [1.54, 1.807) is 14.0 Å². The van der Waals surface area contributed by atoms with E-state index in [4.69, 9.17) is 14.2 Å². The zero-order chi connectivity index (χ0) is 12.0. The molecule has 5 nitrogen and oxygen atoms in total. The highest BCUT2D eigenvalue weighted by Gasteiger charge is 2.34. The molecule has 0 aliphatic carbocycles. The van der Waals surface area contributed by atoms with Gasteiger partial charge in [-0.15, -0.1) is 0 Å². The van der Waals surface area contributed by atoms with Gasteiger partial charge in [0, 0.05) is 13.2 Å². The van der Waals surface area contributed by atoms with Gasteiger partial charge in [-0.1, -0.05) is 0 Å². The molecule has 1 rings (SSSR count). The van der Waals surface area contributed by atoms with Crippen molar-refractivity contribution in [2.75, 3.05) is 34.0 Å². The van der Waals surface area contributed by atoms with Crippen LogP contribution >= 0.6 is 0 Å². The fourth-order valence-corrected chi connectivity index (χ4v) is 1.59. The van der Waals surface area contributed by atoms with Crippen LogP contribution in [0, 0.1) is 0 Å². The largest absolute Gasteiger partial charge is 0.468 e. The number of esters is 1. The lowest BCUT2D eigenvalue weighted by molar-refractivity contribution is -0.152. The molecule has 16 heavy (non-hydrogen) atoms. The van der Waals surface area contributed by atoms with Gasteiger partial charge in [-0.3, -0.25) is 0 Å². The molecule has 0 bridgehead atoms. The van der Waals surface area contributed by atoms with Gasteiger partial charge in [0.05, 0.1) is 19.8 Å². The molecule has 0 amide bonds. The summed E-state index contributed by atoms with van der Waals surface area (Å²) in [5.41, 5.74) is -0.771. The third kappa shape index (κ3) is 3.43. The van der Waals surface area contributed by atoms with Crippen LogP contribution in [0.4, 0.5) is 0 Å². The van der Waals surface area contributed by atoms with Crippen LogP contribution in [0.3, 0.4) is 0 Å². The first-order valence-corrected chi connectivity index (χ1v) is 5.59. The quantitative estimate of drug-likeness (QED) is 0.691. The number of nitrogens with one attached hydrogen (secondary N) is 1. The molecule has 0 saturated carbocycles. The molecule has 1 unspecified atom stereocenters. The summed E-state index contributed by atoms with van der Waals surface area (Å²) in [5, 5.41) is 2.94. The first kappa shape index (κ1) is 13.4. The van der Waals surface area contributed by atoms with Crippen molar-refractivity contribution in [1.82, 2.24) is 5.32 Å². The summed E-state index contributed by atoms with van der Waals surface area (Å²) in [7, 11) is 3.11. The molecule has 0 aromatic carbocycles. The molecule has 1 aliphatic rings. The smallest absolute Gasteiger partial charge is 0.328 e. The number of ether oxygens (including phenoxy) is 3. The average Bonchev–Trinajstić information content (AvgIpc) is 2.36. The number of likely N-dealkylation sites (N-methyl/N-ethyl adjacent to an activating group) is 1. The lowest BCUT2D eigenvalue weighted by Gasteiger charge is -2.29. The average molecular weight is 231 g/mol. The predicted molar refractivity (Wildman–Crippen MR) is 59.3 cm³/mol. The van der Waals surface area contributed by atoms with Gasteiger partial charge in [-0.05, 0) is 26.8 Å². The zero-order valence-electron chi connectivity index (χ0n) is 10.2. The van der Waals surface area contributed by atoms with Crippen LogP contribution in [0.25, 0.3) is 0 Å². The highest BCUT2D eigenvalue weighted by molar-refractivity contribution is 5.80. The van der Waals surface area contributed by atoms with Crippen LogP contribution in [-0.4, -0.2) is 51.6 Å². The Kier molecular flexibility index (Phi) is 5.18. The molecule has 1 fully saturated rings. The molecule has 0 aromatic heterocycles. The highest BCUT2D eigenvalue weighted by Crippen LogP contribution is 2.14. The Balaban J connectivity index is 2.40. The molecule has 1 heterocycles. The first-order valence-electron chi connectivity index (χ1n) is 5.59. The van der Waals surface area contributed by atoms with Gasteiger partial charge in [-0.2, -0.15) is 0 Å². The second-order valence-corrected chi connectivity index (χ2v) is 4.20. The third-order valence-electron chi connectivity index (χ3n) is 2.96. The van der Waals surface area contributed by atoms with Crippen LogP contribution in [0.1, 0.15) is 19.8 Å². The molecular formula is C11H21NO4. The Hall–Kier alpha value is -0.650. The van der Waals surface area contributed by atoms with Crippen molar-refractivity contribution in [3.63, 3.8) is 0 Å². The molecule has 1 N–H and O–H groups in total. The fourth-order valence-electron chi connectivity index (χ4n) is 1.59. The van der Waals surface area contributed by atoms with Crippen LogP contribution in [0.5, 0.6) is 0 Å². The molecular weight excluding hydrogens is 210 g/mol. The predicted octanol–water partition coefficient (Wildman–Crippen LogP) is 0.333. The van der Waals surface area contributed by atoms with E-state index in [9.17, 15) is 4.79 Å². The minimum atomic E-state index is -0.771. The lowest BCUT2D eigenvalue weighted by atomic mass is 10.0. The summed E-state index contributed by atoms with van der Waals surface area (Å²) in [5.74, 6) is -0.304. The Morgan fingerprint density at radius 2 is 2.12 bits per heavy atom. The maximum absolute atomic E-state index is 11.5. The van der Waals surface area contributed by atoms with E-state index in [2.05, 4.69) is 5.32 Å². The molecule has 5 heteroatoms. The van der Waals surface area contributed by atoms with Crippen LogP contribution in [-0.2, 0) is 19.0 Å². The number of hydrogen-bond donors (Lipinski definition) is 1. The summed E-state index contributed by atoms with van der Waals surface area (Å²) in [6, 6.07) is 0. The van der Waals surface area contributed by atoms with Crippen molar-refractivity contribution in [2.45, 2.75) is 31.4 Å². The normalized spacial score (nSPS) is 21.4. The van der Waals surface area contributed by atoms with Crippen LogP contribution in [0.2, 0.25) is 0 Å². The second kappa shape index (κ2) is 6.18. The number of methoxy groups -OCH3 is 1. The van der Waals surface area contributed by atoms with Crippen molar-refractivity contribution >= 4 is 5.97 Å². The van der Waals surface area contributed by atoms with Gasteiger partial charge in [0.15, 0.2) is 0 Å². The van der Waals surface area contributed by atoms with Crippen LogP contribution < -0.4 is 5.32 Å². The Morgan fingerprint density at radius 3 is 2.62 bits per heavy atom. The van der Waals surface area contributed by atoms with Crippen LogP contribution in [0.15, 0.2) is 0 Å². The lowest BCUT2D eigenvalue weighted by Crippen LogP contribution is -2.52. The Labute approximate surface area is 96.4 Å². The summed E-state index contributed by atoms with van der Waals surface area (Å²) < 4.78 is 15.7. The number of rotatable bonds is 5. The van der Waals surface area contributed by atoms with Gasteiger partial charge in [0.2, 0.25) is 0 Å². The SMILES string of the molecule is CNC(C)(COC1CCOCC1)C(=O)OC. The molecule has 0 spiro atoms. The van der Waals surface area contributed by atoms with Gasteiger partial charge >= 0.3 is 5.97 Å². The van der Waals surface area contributed by atoms with Crippen molar-refractivity contribution in [1.29, 1.82) is 0 Å². The molecule has 0 aromatic rings.